The summed E-state index contributed by atoms with van der Waals surface area (Å²) in [6.07, 6.45) is 8.18. The second kappa shape index (κ2) is 9.19. The summed E-state index contributed by atoms with van der Waals surface area (Å²) < 4.78 is 0. The zero-order valence-electron chi connectivity index (χ0n) is 10.1. The van der Waals surface area contributed by atoms with Gasteiger partial charge in [-0.3, -0.25) is 9.59 Å². The fourth-order valence-corrected chi connectivity index (χ4v) is 1.69. The minimum atomic E-state index is -1.10. The highest BCUT2D eigenvalue weighted by Crippen LogP contribution is 2.12. The molecule has 1 amide bonds. The Kier molecular flexibility index (Phi) is 8.58. The molecule has 0 aliphatic rings. The van der Waals surface area contributed by atoms with E-state index in [0.717, 1.165) is 19.3 Å². The van der Waals surface area contributed by atoms with Crippen molar-refractivity contribution in [2.75, 3.05) is 0 Å². The van der Waals surface area contributed by atoms with Crippen LogP contribution in [0.25, 0.3) is 0 Å². The minimum absolute atomic E-state index is 0.373. The lowest BCUT2D eigenvalue weighted by atomic mass is 10.00. The van der Waals surface area contributed by atoms with E-state index in [9.17, 15) is 9.59 Å². The number of hydrogen-bond acceptors (Lipinski definition) is 2. The normalized spacial score (nSPS) is 12.3. The van der Waals surface area contributed by atoms with Crippen LogP contribution in [0.15, 0.2) is 0 Å². The molecule has 16 heavy (non-hydrogen) atoms. The summed E-state index contributed by atoms with van der Waals surface area (Å²) in [5, 5.41) is 8.72. The summed E-state index contributed by atoms with van der Waals surface area (Å²) in [5.74, 6) is -2.83. The molecule has 3 N–H and O–H groups in total. The molecule has 0 aliphatic heterocycles. The average Bonchev–Trinajstić information content (AvgIpc) is 2.21. The van der Waals surface area contributed by atoms with E-state index in [1.54, 1.807) is 0 Å². The van der Waals surface area contributed by atoms with Crippen molar-refractivity contribution in [2.45, 2.75) is 58.3 Å². The molecule has 0 bridgehead atoms. The Bertz CT molecular complexity index is 202. The van der Waals surface area contributed by atoms with Gasteiger partial charge in [-0.2, -0.15) is 0 Å². The molecule has 0 aromatic carbocycles. The van der Waals surface area contributed by atoms with Crippen molar-refractivity contribution >= 4 is 11.9 Å². The number of hydrogen-bond donors (Lipinski definition) is 2. The number of unbranched alkanes of at least 4 members (excludes halogenated alkanes) is 6. The monoisotopic (exact) mass is 229 g/mol. The summed E-state index contributed by atoms with van der Waals surface area (Å²) in [6.45, 7) is 2.17. The number of carbonyl (C=O) groups is 2. The number of carbonyl (C=O) groups excluding carboxylic acids is 1. The summed E-state index contributed by atoms with van der Waals surface area (Å²) in [7, 11) is 0. The van der Waals surface area contributed by atoms with Gasteiger partial charge in [0.05, 0.1) is 0 Å². The summed E-state index contributed by atoms with van der Waals surface area (Å²) >= 11 is 0. The first-order valence-corrected chi connectivity index (χ1v) is 6.11. The average molecular weight is 229 g/mol. The van der Waals surface area contributed by atoms with Crippen LogP contribution in [0.4, 0.5) is 0 Å². The Hall–Kier alpha value is -1.06. The van der Waals surface area contributed by atoms with Crippen LogP contribution >= 0.6 is 0 Å². The first-order chi connectivity index (χ1) is 7.59. The van der Waals surface area contributed by atoms with E-state index in [1.807, 2.05) is 0 Å². The van der Waals surface area contributed by atoms with Crippen LogP contribution in [0, 0.1) is 5.92 Å². The highest BCUT2D eigenvalue weighted by atomic mass is 16.4. The van der Waals surface area contributed by atoms with Crippen LogP contribution in [0.5, 0.6) is 0 Å². The smallest absolute Gasteiger partial charge is 0.316 e. The predicted octanol–water partition coefficient (Wildman–Crippen LogP) is 2.31. The van der Waals surface area contributed by atoms with Crippen molar-refractivity contribution in [1.29, 1.82) is 0 Å². The van der Waals surface area contributed by atoms with Gasteiger partial charge in [0.2, 0.25) is 5.91 Å². The van der Waals surface area contributed by atoms with E-state index >= 15 is 0 Å². The molecule has 0 rings (SSSR count). The van der Waals surface area contributed by atoms with Gasteiger partial charge in [0.15, 0.2) is 0 Å². The molecule has 4 heteroatoms. The Morgan fingerprint density at radius 1 is 1.06 bits per heavy atom. The van der Waals surface area contributed by atoms with Crippen LogP contribution < -0.4 is 5.73 Å². The SMILES string of the molecule is CCCCCCCCCC(C(N)=O)C(=O)O. The molecule has 4 nitrogen and oxygen atoms in total. The summed E-state index contributed by atoms with van der Waals surface area (Å²) in [4.78, 5) is 21.4. The van der Waals surface area contributed by atoms with E-state index in [1.165, 1.54) is 25.7 Å². The lowest BCUT2D eigenvalue weighted by Crippen LogP contribution is -2.30. The van der Waals surface area contributed by atoms with Gasteiger partial charge in [-0.25, -0.2) is 0 Å². The Morgan fingerprint density at radius 2 is 1.56 bits per heavy atom. The Labute approximate surface area is 97.2 Å². The third-order valence-corrected chi connectivity index (χ3v) is 2.74. The van der Waals surface area contributed by atoms with Crippen LogP contribution in [0.1, 0.15) is 58.3 Å². The van der Waals surface area contributed by atoms with Crippen molar-refractivity contribution in [1.82, 2.24) is 0 Å². The molecule has 1 atom stereocenters. The van der Waals surface area contributed by atoms with Gasteiger partial charge in [0, 0.05) is 0 Å². The Balaban J connectivity index is 3.48. The standard InChI is InChI=1S/C12H23NO3/c1-2-3-4-5-6-7-8-9-10(11(13)14)12(15)16/h10H,2-9H2,1H3,(H2,13,14)(H,15,16). The molecule has 0 fully saturated rings. The maximum atomic E-state index is 10.8. The second-order valence-electron chi connectivity index (χ2n) is 4.20. The van der Waals surface area contributed by atoms with Crippen LogP contribution in [-0.2, 0) is 9.59 Å². The summed E-state index contributed by atoms with van der Waals surface area (Å²) in [6, 6.07) is 0. The number of rotatable bonds is 10. The topological polar surface area (TPSA) is 80.4 Å². The quantitative estimate of drug-likeness (QED) is 0.445. The molecular formula is C12H23NO3. The van der Waals surface area contributed by atoms with Crippen LogP contribution in [0.3, 0.4) is 0 Å². The van der Waals surface area contributed by atoms with E-state index in [-0.39, 0.29) is 0 Å². The van der Waals surface area contributed by atoms with Crippen LogP contribution in [-0.4, -0.2) is 17.0 Å². The van der Waals surface area contributed by atoms with E-state index in [2.05, 4.69) is 6.92 Å². The van der Waals surface area contributed by atoms with Crippen LogP contribution in [0.2, 0.25) is 0 Å². The molecule has 0 aliphatic carbocycles. The molecule has 0 saturated carbocycles. The molecule has 0 saturated heterocycles. The number of nitrogens with two attached hydrogens (primary N) is 1. The van der Waals surface area contributed by atoms with Gasteiger partial charge < -0.3 is 10.8 Å². The van der Waals surface area contributed by atoms with Crippen molar-refractivity contribution in [2.24, 2.45) is 11.7 Å². The van der Waals surface area contributed by atoms with E-state index in [0.29, 0.717) is 6.42 Å². The maximum Gasteiger partial charge on any atom is 0.316 e. The van der Waals surface area contributed by atoms with Gasteiger partial charge in [0.1, 0.15) is 5.92 Å². The fraction of sp³-hybridized carbons (Fsp3) is 0.833. The molecule has 0 aromatic heterocycles. The molecule has 94 valence electrons. The predicted molar refractivity (Wildman–Crippen MR) is 62.9 cm³/mol. The number of aliphatic carboxylic acids is 1. The lowest BCUT2D eigenvalue weighted by Gasteiger charge is -2.07. The number of amides is 1. The first-order valence-electron chi connectivity index (χ1n) is 6.11. The fourth-order valence-electron chi connectivity index (χ4n) is 1.69. The largest absolute Gasteiger partial charge is 0.481 e. The molecule has 1 unspecified atom stereocenters. The highest BCUT2D eigenvalue weighted by molar-refractivity contribution is 5.95. The van der Waals surface area contributed by atoms with Gasteiger partial charge in [-0.15, -0.1) is 0 Å². The van der Waals surface area contributed by atoms with Gasteiger partial charge in [-0.05, 0) is 6.42 Å². The zero-order valence-corrected chi connectivity index (χ0v) is 10.1. The first kappa shape index (κ1) is 14.9. The molecule has 0 aromatic rings. The third kappa shape index (κ3) is 7.26. The van der Waals surface area contributed by atoms with E-state index in [4.69, 9.17) is 10.8 Å². The van der Waals surface area contributed by atoms with Gasteiger partial charge in [-0.1, -0.05) is 51.9 Å². The number of carboxylic acid groups (broad SMARTS) is 1. The third-order valence-electron chi connectivity index (χ3n) is 2.74. The maximum absolute atomic E-state index is 10.8. The second-order valence-corrected chi connectivity index (χ2v) is 4.20. The molecular weight excluding hydrogens is 206 g/mol. The summed E-state index contributed by atoms with van der Waals surface area (Å²) in [5.41, 5.74) is 5.00. The van der Waals surface area contributed by atoms with Crippen molar-refractivity contribution in [3.05, 3.63) is 0 Å². The van der Waals surface area contributed by atoms with Gasteiger partial charge in [0.25, 0.3) is 0 Å². The number of carboxylic acids is 1. The molecule has 0 spiro atoms. The minimum Gasteiger partial charge on any atom is -0.481 e. The molecule has 0 heterocycles. The molecule has 0 radical (unpaired) electrons. The Morgan fingerprint density at radius 3 is 2.00 bits per heavy atom. The van der Waals surface area contributed by atoms with E-state index < -0.39 is 17.8 Å². The van der Waals surface area contributed by atoms with Gasteiger partial charge >= 0.3 is 5.97 Å². The van der Waals surface area contributed by atoms with Crippen molar-refractivity contribution in [3.8, 4) is 0 Å². The van der Waals surface area contributed by atoms with Crippen molar-refractivity contribution < 1.29 is 14.7 Å². The number of primary amides is 1. The highest BCUT2D eigenvalue weighted by Gasteiger charge is 2.22. The lowest BCUT2D eigenvalue weighted by molar-refractivity contribution is -0.146. The van der Waals surface area contributed by atoms with Crippen molar-refractivity contribution in [3.63, 3.8) is 0 Å². The zero-order chi connectivity index (χ0) is 12.4.